The Kier molecular flexibility index (Phi) is 3.74. The van der Waals surface area contributed by atoms with Crippen molar-refractivity contribution in [2.75, 3.05) is 26.2 Å². The molecule has 3 heterocycles. The number of aromatic nitrogens is 1. The Balaban J connectivity index is 1.59. The molecule has 1 aromatic heterocycles. The first-order valence-corrected chi connectivity index (χ1v) is 7.64. The Morgan fingerprint density at radius 3 is 2.40 bits per heavy atom. The number of hydrogen-bond acceptors (Lipinski definition) is 3. The van der Waals surface area contributed by atoms with Crippen LogP contribution in [0.2, 0.25) is 0 Å². The van der Waals surface area contributed by atoms with E-state index in [1.807, 2.05) is 17.3 Å². The van der Waals surface area contributed by atoms with Crippen molar-refractivity contribution in [3.8, 4) is 0 Å². The van der Waals surface area contributed by atoms with Crippen LogP contribution in [0, 0.1) is 5.41 Å². The third-order valence-electron chi connectivity index (χ3n) is 4.95. The third kappa shape index (κ3) is 2.44. The Morgan fingerprint density at radius 2 is 1.80 bits per heavy atom. The molecule has 4 heteroatoms. The summed E-state index contributed by atoms with van der Waals surface area (Å²) in [5.41, 5.74) is 1.27. The molecule has 2 saturated heterocycles. The van der Waals surface area contributed by atoms with Gasteiger partial charge in [0.2, 0.25) is 5.91 Å². The zero-order valence-electron chi connectivity index (χ0n) is 12.2. The second-order valence-electron chi connectivity index (χ2n) is 6.05. The normalized spacial score (nSPS) is 22.6. The summed E-state index contributed by atoms with van der Waals surface area (Å²) in [5, 5.41) is 0. The third-order valence-corrected chi connectivity index (χ3v) is 4.95. The number of likely N-dealkylation sites (tertiary alicyclic amines) is 2. The molecular weight excluding hydrogens is 250 g/mol. The first-order valence-electron chi connectivity index (χ1n) is 7.64. The van der Waals surface area contributed by atoms with Crippen LogP contribution in [-0.4, -0.2) is 46.9 Å². The van der Waals surface area contributed by atoms with Crippen LogP contribution >= 0.6 is 0 Å². The van der Waals surface area contributed by atoms with Gasteiger partial charge in [-0.3, -0.25) is 14.7 Å². The highest BCUT2D eigenvalue weighted by Crippen LogP contribution is 2.41. The summed E-state index contributed by atoms with van der Waals surface area (Å²) in [7, 11) is 0. The lowest BCUT2D eigenvalue weighted by Crippen LogP contribution is -2.44. The molecule has 0 radical (unpaired) electrons. The second kappa shape index (κ2) is 5.52. The van der Waals surface area contributed by atoms with Crippen LogP contribution in [0.3, 0.4) is 0 Å². The Morgan fingerprint density at radius 1 is 1.15 bits per heavy atom. The van der Waals surface area contributed by atoms with Crippen LogP contribution < -0.4 is 0 Å². The zero-order valence-corrected chi connectivity index (χ0v) is 12.2. The molecule has 1 spiro atoms. The fourth-order valence-corrected chi connectivity index (χ4v) is 3.54. The molecule has 0 atom stereocenters. The predicted molar refractivity (Wildman–Crippen MR) is 78.1 cm³/mol. The molecule has 0 saturated carbocycles. The molecular formula is C16H23N3O. The van der Waals surface area contributed by atoms with E-state index in [9.17, 15) is 4.79 Å². The van der Waals surface area contributed by atoms with Gasteiger partial charge in [-0.05, 0) is 57.0 Å². The van der Waals surface area contributed by atoms with Gasteiger partial charge >= 0.3 is 0 Å². The molecule has 0 bridgehead atoms. The lowest BCUT2D eigenvalue weighted by atomic mass is 9.77. The SMILES string of the molecule is CCN1CCC2(CCN(Cc3ccncc3)CC2)C1=O. The van der Waals surface area contributed by atoms with Crippen molar-refractivity contribution < 1.29 is 4.79 Å². The molecule has 3 rings (SSSR count). The molecule has 2 aliphatic rings. The van der Waals surface area contributed by atoms with Crippen molar-refractivity contribution in [3.05, 3.63) is 30.1 Å². The molecule has 1 amide bonds. The minimum Gasteiger partial charge on any atom is -0.342 e. The highest BCUT2D eigenvalue weighted by Gasteiger charge is 2.47. The lowest BCUT2D eigenvalue weighted by Gasteiger charge is -2.38. The monoisotopic (exact) mass is 273 g/mol. The number of carbonyl (C=O) groups is 1. The topological polar surface area (TPSA) is 36.4 Å². The molecule has 0 unspecified atom stereocenters. The van der Waals surface area contributed by atoms with Crippen molar-refractivity contribution in [2.45, 2.75) is 32.7 Å². The summed E-state index contributed by atoms with van der Waals surface area (Å²) in [6.07, 6.45) is 6.80. The standard InChI is InChI=1S/C16H23N3O/c1-2-19-12-7-16(15(19)20)5-10-18(11-6-16)13-14-3-8-17-9-4-14/h3-4,8-9H,2,5-7,10-13H2,1H3. The van der Waals surface area contributed by atoms with Crippen LogP contribution in [0.25, 0.3) is 0 Å². The van der Waals surface area contributed by atoms with Crippen LogP contribution in [0.1, 0.15) is 31.7 Å². The van der Waals surface area contributed by atoms with Gasteiger partial charge in [0, 0.05) is 32.0 Å². The molecule has 4 nitrogen and oxygen atoms in total. The average Bonchev–Trinajstić information content (AvgIpc) is 2.80. The Hall–Kier alpha value is -1.42. The minimum atomic E-state index is -0.0370. The Labute approximate surface area is 120 Å². The Bertz CT molecular complexity index is 466. The summed E-state index contributed by atoms with van der Waals surface area (Å²) in [5.74, 6) is 0.406. The van der Waals surface area contributed by atoms with Crippen LogP contribution in [0.5, 0.6) is 0 Å². The van der Waals surface area contributed by atoms with Crippen molar-refractivity contribution in [2.24, 2.45) is 5.41 Å². The molecule has 0 aliphatic carbocycles. The maximum atomic E-state index is 12.5. The van der Waals surface area contributed by atoms with Crippen molar-refractivity contribution in [3.63, 3.8) is 0 Å². The van der Waals surface area contributed by atoms with Gasteiger partial charge in [-0.25, -0.2) is 0 Å². The molecule has 108 valence electrons. The van der Waals surface area contributed by atoms with E-state index in [1.165, 1.54) is 5.56 Å². The fraction of sp³-hybridized carbons (Fsp3) is 0.625. The van der Waals surface area contributed by atoms with E-state index in [2.05, 4.69) is 28.9 Å². The lowest BCUT2D eigenvalue weighted by molar-refractivity contribution is -0.138. The summed E-state index contributed by atoms with van der Waals surface area (Å²) in [6.45, 7) is 6.94. The van der Waals surface area contributed by atoms with Crippen molar-refractivity contribution in [1.82, 2.24) is 14.8 Å². The van der Waals surface area contributed by atoms with Crippen LogP contribution in [-0.2, 0) is 11.3 Å². The van der Waals surface area contributed by atoms with Gasteiger partial charge in [-0.15, -0.1) is 0 Å². The van der Waals surface area contributed by atoms with E-state index in [1.54, 1.807) is 0 Å². The van der Waals surface area contributed by atoms with Gasteiger partial charge in [0.1, 0.15) is 0 Å². The first-order chi connectivity index (χ1) is 9.73. The van der Waals surface area contributed by atoms with E-state index in [0.29, 0.717) is 5.91 Å². The second-order valence-corrected chi connectivity index (χ2v) is 6.05. The van der Waals surface area contributed by atoms with E-state index in [0.717, 1.165) is 52.0 Å². The molecule has 0 N–H and O–H groups in total. The van der Waals surface area contributed by atoms with E-state index in [-0.39, 0.29) is 5.41 Å². The number of carbonyl (C=O) groups excluding carboxylic acids is 1. The number of nitrogens with zero attached hydrogens (tertiary/aromatic N) is 3. The number of amides is 1. The zero-order chi connectivity index (χ0) is 14.0. The van der Waals surface area contributed by atoms with Crippen LogP contribution in [0.15, 0.2) is 24.5 Å². The highest BCUT2D eigenvalue weighted by molar-refractivity contribution is 5.85. The minimum absolute atomic E-state index is 0.0370. The molecule has 1 aromatic rings. The highest BCUT2D eigenvalue weighted by atomic mass is 16.2. The van der Waals surface area contributed by atoms with E-state index in [4.69, 9.17) is 0 Å². The number of piperidine rings is 1. The maximum absolute atomic E-state index is 12.5. The van der Waals surface area contributed by atoms with Gasteiger partial charge < -0.3 is 4.90 Å². The number of pyridine rings is 1. The molecule has 20 heavy (non-hydrogen) atoms. The number of rotatable bonds is 3. The fourth-order valence-electron chi connectivity index (χ4n) is 3.54. The molecule has 2 fully saturated rings. The molecule has 0 aromatic carbocycles. The smallest absolute Gasteiger partial charge is 0.228 e. The molecule has 2 aliphatic heterocycles. The van der Waals surface area contributed by atoms with Gasteiger partial charge in [0.25, 0.3) is 0 Å². The van der Waals surface area contributed by atoms with Crippen LogP contribution in [0.4, 0.5) is 0 Å². The van der Waals surface area contributed by atoms with Crippen molar-refractivity contribution in [1.29, 1.82) is 0 Å². The number of hydrogen-bond donors (Lipinski definition) is 0. The van der Waals surface area contributed by atoms with Crippen molar-refractivity contribution >= 4 is 5.91 Å². The average molecular weight is 273 g/mol. The van der Waals surface area contributed by atoms with Gasteiger partial charge in [0.05, 0.1) is 5.41 Å². The summed E-state index contributed by atoms with van der Waals surface area (Å²) < 4.78 is 0. The van der Waals surface area contributed by atoms with Gasteiger partial charge in [-0.1, -0.05) is 0 Å². The predicted octanol–water partition coefficient (Wildman–Crippen LogP) is 1.92. The largest absolute Gasteiger partial charge is 0.342 e. The summed E-state index contributed by atoms with van der Waals surface area (Å²) in [4.78, 5) is 21.0. The summed E-state index contributed by atoms with van der Waals surface area (Å²) in [6, 6.07) is 4.15. The van der Waals surface area contributed by atoms with E-state index < -0.39 is 0 Å². The summed E-state index contributed by atoms with van der Waals surface area (Å²) >= 11 is 0. The van der Waals surface area contributed by atoms with Gasteiger partial charge in [0.15, 0.2) is 0 Å². The quantitative estimate of drug-likeness (QED) is 0.844. The maximum Gasteiger partial charge on any atom is 0.228 e. The first kappa shape index (κ1) is 13.6. The van der Waals surface area contributed by atoms with Gasteiger partial charge in [-0.2, -0.15) is 0 Å². The van der Waals surface area contributed by atoms with E-state index >= 15 is 0 Å².